The maximum Gasteiger partial charge on any atom is 0.341 e. The van der Waals surface area contributed by atoms with Gasteiger partial charge in [0.2, 0.25) is 0 Å². The maximum absolute atomic E-state index is 10.6. The van der Waals surface area contributed by atoms with Crippen molar-refractivity contribution < 1.29 is 34.8 Å². The van der Waals surface area contributed by atoms with E-state index < -0.39 is 48.5 Å². The van der Waals surface area contributed by atoms with E-state index in [1.165, 1.54) is 0 Å². The molecule has 0 spiro atoms. The van der Waals surface area contributed by atoms with Crippen molar-refractivity contribution in [3.63, 3.8) is 0 Å². The number of hydrogen-bond acceptors (Lipinski definition) is 8. The molecule has 0 radical (unpaired) electrons. The predicted octanol–water partition coefficient (Wildman–Crippen LogP) is -1.22. The standard InChI is InChI=1S/C13H17NO8/c15-6-8-9(16)11(10(17)12(18)14(19)20)22-13(21-8)7-4-2-1-3-5-7/h1-5,8-13,15-18H,6H2/t8-,9+,10-,11-,12?,13?/m0/s1. The number of rotatable bonds is 5. The summed E-state index contributed by atoms with van der Waals surface area (Å²) in [4.78, 5) is 9.47. The molecule has 1 aliphatic rings. The van der Waals surface area contributed by atoms with Crippen LogP contribution in [0.1, 0.15) is 11.9 Å². The number of ether oxygens (including phenoxy) is 2. The molecular formula is C13H17NO8. The Kier molecular flexibility index (Phi) is 5.40. The van der Waals surface area contributed by atoms with E-state index in [4.69, 9.17) is 9.47 Å². The van der Waals surface area contributed by atoms with Gasteiger partial charge in [0.05, 0.1) is 11.5 Å². The van der Waals surface area contributed by atoms with Gasteiger partial charge in [0, 0.05) is 5.56 Å². The first-order valence-corrected chi connectivity index (χ1v) is 6.60. The molecule has 1 heterocycles. The lowest BCUT2D eigenvalue weighted by Crippen LogP contribution is -2.57. The SMILES string of the molecule is O=[N+]([O-])C(O)[C@@H](O)[C@H]1OC(c2ccccc2)O[C@@H](CO)[C@H]1O. The minimum absolute atomic E-state index is 0.542. The molecule has 4 N–H and O–H groups in total. The first-order chi connectivity index (χ1) is 10.5. The molecule has 6 atom stereocenters. The van der Waals surface area contributed by atoms with Gasteiger partial charge >= 0.3 is 6.23 Å². The van der Waals surface area contributed by atoms with Crippen molar-refractivity contribution in [2.24, 2.45) is 0 Å². The van der Waals surface area contributed by atoms with Gasteiger partial charge in [0.25, 0.3) is 0 Å². The maximum atomic E-state index is 10.6. The van der Waals surface area contributed by atoms with Crippen molar-refractivity contribution in [1.29, 1.82) is 0 Å². The van der Waals surface area contributed by atoms with Crippen LogP contribution in [0.2, 0.25) is 0 Å². The van der Waals surface area contributed by atoms with Gasteiger partial charge in [-0.25, -0.2) is 0 Å². The van der Waals surface area contributed by atoms with E-state index in [9.17, 15) is 30.5 Å². The van der Waals surface area contributed by atoms with E-state index >= 15 is 0 Å². The summed E-state index contributed by atoms with van der Waals surface area (Å²) < 4.78 is 10.7. The Labute approximate surface area is 125 Å². The van der Waals surface area contributed by atoms with Crippen molar-refractivity contribution in [2.45, 2.75) is 36.9 Å². The Morgan fingerprint density at radius 2 is 1.86 bits per heavy atom. The van der Waals surface area contributed by atoms with Crippen molar-refractivity contribution in [3.05, 3.63) is 46.0 Å². The topological polar surface area (TPSA) is 143 Å². The number of aliphatic hydroxyl groups is 4. The fraction of sp³-hybridized carbons (Fsp3) is 0.538. The fourth-order valence-corrected chi connectivity index (χ4v) is 2.20. The molecule has 0 bridgehead atoms. The predicted molar refractivity (Wildman–Crippen MR) is 71.0 cm³/mol. The minimum atomic E-state index is -2.33. The lowest BCUT2D eigenvalue weighted by Gasteiger charge is -2.40. The second kappa shape index (κ2) is 7.09. The fourth-order valence-electron chi connectivity index (χ4n) is 2.20. The highest BCUT2D eigenvalue weighted by atomic mass is 16.7. The van der Waals surface area contributed by atoms with Gasteiger partial charge in [-0.3, -0.25) is 10.1 Å². The molecule has 2 rings (SSSR count). The zero-order chi connectivity index (χ0) is 16.3. The Morgan fingerprint density at radius 3 is 2.41 bits per heavy atom. The Morgan fingerprint density at radius 1 is 1.23 bits per heavy atom. The Balaban J connectivity index is 2.22. The zero-order valence-electron chi connectivity index (χ0n) is 11.4. The third kappa shape index (κ3) is 3.40. The monoisotopic (exact) mass is 315 g/mol. The molecule has 2 unspecified atom stereocenters. The van der Waals surface area contributed by atoms with Gasteiger partial charge in [-0.2, -0.15) is 0 Å². The van der Waals surface area contributed by atoms with Crippen molar-refractivity contribution in [3.8, 4) is 0 Å². The van der Waals surface area contributed by atoms with E-state index in [1.807, 2.05) is 0 Å². The molecule has 0 saturated carbocycles. The molecule has 1 aliphatic heterocycles. The third-order valence-electron chi connectivity index (χ3n) is 3.41. The van der Waals surface area contributed by atoms with Crippen LogP contribution in [-0.2, 0) is 9.47 Å². The first kappa shape index (κ1) is 16.7. The average Bonchev–Trinajstić information content (AvgIpc) is 2.54. The Bertz CT molecular complexity index is 498. The van der Waals surface area contributed by atoms with Crippen LogP contribution in [0.15, 0.2) is 30.3 Å². The van der Waals surface area contributed by atoms with Crippen LogP contribution in [0.3, 0.4) is 0 Å². The van der Waals surface area contributed by atoms with Crippen LogP contribution in [0.5, 0.6) is 0 Å². The lowest BCUT2D eigenvalue weighted by molar-refractivity contribution is -0.587. The van der Waals surface area contributed by atoms with Crippen LogP contribution < -0.4 is 0 Å². The number of hydrogen-bond donors (Lipinski definition) is 4. The summed E-state index contributed by atoms with van der Waals surface area (Å²) in [6.07, 6.45) is -9.48. The van der Waals surface area contributed by atoms with E-state index in [0.717, 1.165) is 0 Å². The van der Waals surface area contributed by atoms with Gasteiger partial charge < -0.3 is 29.9 Å². The van der Waals surface area contributed by atoms with Crippen molar-refractivity contribution in [2.75, 3.05) is 6.61 Å². The molecule has 0 aromatic heterocycles. The molecule has 1 aromatic rings. The highest BCUT2D eigenvalue weighted by Gasteiger charge is 2.47. The van der Waals surface area contributed by atoms with Gasteiger partial charge in [0.1, 0.15) is 18.3 Å². The summed E-state index contributed by atoms with van der Waals surface area (Å²) in [7, 11) is 0. The highest BCUT2D eigenvalue weighted by molar-refractivity contribution is 5.16. The average molecular weight is 315 g/mol. The van der Waals surface area contributed by atoms with Gasteiger partial charge in [-0.1, -0.05) is 30.3 Å². The largest absolute Gasteiger partial charge is 0.394 e. The summed E-state index contributed by atoms with van der Waals surface area (Å²) in [6.45, 7) is -0.578. The quantitative estimate of drug-likeness (QED) is 0.301. The molecule has 0 aliphatic carbocycles. The lowest BCUT2D eigenvalue weighted by atomic mass is 10.00. The van der Waals surface area contributed by atoms with Crippen LogP contribution in [-0.4, -0.2) is 62.6 Å². The van der Waals surface area contributed by atoms with E-state index in [1.54, 1.807) is 30.3 Å². The molecule has 1 saturated heterocycles. The number of aliphatic hydroxyl groups excluding tert-OH is 4. The van der Waals surface area contributed by atoms with Gasteiger partial charge in [-0.15, -0.1) is 0 Å². The van der Waals surface area contributed by atoms with Crippen LogP contribution in [0.25, 0.3) is 0 Å². The molecule has 9 heteroatoms. The van der Waals surface area contributed by atoms with Crippen LogP contribution >= 0.6 is 0 Å². The number of nitrogens with zero attached hydrogens (tertiary/aromatic N) is 1. The zero-order valence-corrected chi connectivity index (χ0v) is 11.4. The van der Waals surface area contributed by atoms with E-state index in [2.05, 4.69) is 0 Å². The second-order valence-corrected chi connectivity index (χ2v) is 4.88. The van der Waals surface area contributed by atoms with E-state index in [-0.39, 0.29) is 0 Å². The van der Waals surface area contributed by atoms with Crippen LogP contribution in [0.4, 0.5) is 0 Å². The van der Waals surface area contributed by atoms with Gasteiger partial charge in [0.15, 0.2) is 12.4 Å². The second-order valence-electron chi connectivity index (χ2n) is 4.88. The summed E-state index contributed by atoms with van der Waals surface area (Å²) in [5, 5.41) is 49.0. The molecule has 9 nitrogen and oxygen atoms in total. The van der Waals surface area contributed by atoms with Gasteiger partial charge in [-0.05, 0) is 0 Å². The summed E-state index contributed by atoms with van der Waals surface area (Å²) in [6, 6.07) is 8.48. The van der Waals surface area contributed by atoms with Crippen LogP contribution in [0, 0.1) is 10.1 Å². The molecule has 22 heavy (non-hydrogen) atoms. The summed E-state index contributed by atoms with van der Waals surface area (Å²) in [5.74, 6) is 0. The minimum Gasteiger partial charge on any atom is -0.394 e. The summed E-state index contributed by atoms with van der Waals surface area (Å²) in [5.41, 5.74) is 0.542. The third-order valence-corrected chi connectivity index (χ3v) is 3.41. The molecular weight excluding hydrogens is 298 g/mol. The van der Waals surface area contributed by atoms with Crippen molar-refractivity contribution >= 4 is 0 Å². The number of benzene rings is 1. The summed E-state index contributed by atoms with van der Waals surface area (Å²) >= 11 is 0. The van der Waals surface area contributed by atoms with E-state index in [0.29, 0.717) is 5.56 Å². The highest BCUT2D eigenvalue weighted by Crippen LogP contribution is 2.32. The smallest absolute Gasteiger partial charge is 0.341 e. The van der Waals surface area contributed by atoms with Crippen molar-refractivity contribution in [1.82, 2.24) is 0 Å². The molecule has 1 fully saturated rings. The molecule has 0 amide bonds. The Hall–Kier alpha value is -1.62. The first-order valence-electron chi connectivity index (χ1n) is 6.60. The number of nitro groups is 1. The molecule has 1 aromatic carbocycles. The normalized spacial score (nSPS) is 31.5. The molecule has 122 valence electrons.